The Balaban J connectivity index is 3.01. The van der Waals surface area contributed by atoms with Crippen LogP contribution in [-0.4, -0.2) is 26.4 Å². The fraction of sp³-hybridized carbons (Fsp3) is 0.972. The van der Waals surface area contributed by atoms with Gasteiger partial charge in [-0.25, -0.2) is 0 Å². The number of rotatable bonds is 35. The SMILES string of the molecule is CCCCCCCCCCCCCCCCOC[CH]CCOCCCCCCCCCCCCCCCC. The van der Waals surface area contributed by atoms with Crippen LogP contribution in [0.5, 0.6) is 0 Å². The van der Waals surface area contributed by atoms with Crippen molar-refractivity contribution >= 4 is 0 Å². The van der Waals surface area contributed by atoms with Gasteiger partial charge in [0.15, 0.2) is 0 Å². The van der Waals surface area contributed by atoms with Gasteiger partial charge in [0.05, 0.1) is 0 Å². The zero-order valence-corrected chi connectivity index (χ0v) is 26.7. The number of hydrogen-bond donors (Lipinski definition) is 0. The van der Waals surface area contributed by atoms with E-state index in [1.165, 1.54) is 180 Å². The van der Waals surface area contributed by atoms with E-state index in [2.05, 4.69) is 20.3 Å². The van der Waals surface area contributed by atoms with Gasteiger partial charge in [0.25, 0.3) is 0 Å². The lowest BCUT2D eigenvalue weighted by atomic mass is 10.0. The van der Waals surface area contributed by atoms with Crippen LogP contribution in [0.1, 0.15) is 200 Å². The van der Waals surface area contributed by atoms with Crippen molar-refractivity contribution in [1.82, 2.24) is 0 Å². The summed E-state index contributed by atoms with van der Waals surface area (Å²) in [5.74, 6) is 0. The van der Waals surface area contributed by atoms with Crippen LogP contribution < -0.4 is 0 Å². The number of ether oxygens (including phenoxy) is 2. The Hall–Kier alpha value is -0.0800. The maximum atomic E-state index is 5.79. The number of hydrogen-bond acceptors (Lipinski definition) is 2. The van der Waals surface area contributed by atoms with Crippen molar-refractivity contribution in [2.75, 3.05) is 26.4 Å². The average Bonchev–Trinajstić information content (AvgIpc) is 2.93. The second-order valence-corrected chi connectivity index (χ2v) is 12.0. The Kier molecular flexibility index (Phi) is 36.8. The van der Waals surface area contributed by atoms with Gasteiger partial charge < -0.3 is 9.47 Å². The first-order valence-electron chi connectivity index (χ1n) is 17.9. The summed E-state index contributed by atoms with van der Waals surface area (Å²) < 4.78 is 11.5. The summed E-state index contributed by atoms with van der Waals surface area (Å²) in [5.41, 5.74) is 0. The van der Waals surface area contributed by atoms with E-state index in [1.807, 2.05) is 0 Å². The molecular formula is C36H73O2. The summed E-state index contributed by atoms with van der Waals surface area (Å²) in [4.78, 5) is 0. The highest BCUT2D eigenvalue weighted by atomic mass is 16.5. The molecule has 2 nitrogen and oxygen atoms in total. The Bertz CT molecular complexity index is 348. The van der Waals surface area contributed by atoms with Crippen molar-refractivity contribution < 1.29 is 9.47 Å². The molecule has 0 atom stereocenters. The molecule has 0 aromatic rings. The minimum atomic E-state index is 0.792. The molecule has 0 fully saturated rings. The summed E-state index contributed by atoms with van der Waals surface area (Å²) in [6.07, 6.45) is 42.8. The summed E-state index contributed by atoms with van der Waals surface area (Å²) in [6, 6.07) is 0. The molecule has 0 amide bonds. The molecule has 0 spiro atoms. The summed E-state index contributed by atoms with van der Waals surface area (Å²) in [5, 5.41) is 0. The van der Waals surface area contributed by atoms with Crippen LogP contribution in [-0.2, 0) is 9.47 Å². The maximum absolute atomic E-state index is 5.79. The Morgan fingerprint density at radius 3 is 0.947 bits per heavy atom. The molecule has 0 aromatic carbocycles. The van der Waals surface area contributed by atoms with Crippen LogP contribution in [0.15, 0.2) is 0 Å². The van der Waals surface area contributed by atoms with Crippen LogP contribution in [0.3, 0.4) is 0 Å². The summed E-state index contributed by atoms with van der Waals surface area (Å²) in [6.45, 7) is 8.11. The third-order valence-electron chi connectivity index (χ3n) is 7.99. The van der Waals surface area contributed by atoms with Gasteiger partial charge in [-0.2, -0.15) is 0 Å². The molecule has 0 heterocycles. The van der Waals surface area contributed by atoms with Gasteiger partial charge in [-0.05, 0) is 25.7 Å². The van der Waals surface area contributed by atoms with Gasteiger partial charge >= 0.3 is 0 Å². The first-order chi connectivity index (χ1) is 18.9. The van der Waals surface area contributed by atoms with Crippen LogP contribution in [0.4, 0.5) is 0 Å². The molecule has 38 heavy (non-hydrogen) atoms. The highest BCUT2D eigenvalue weighted by Gasteiger charge is 1.97. The monoisotopic (exact) mass is 538 g/mol. The van der Waals surface area contributed by atoms with Gasteiger partial charge in [0.2, 0.25) is 0 Å². The topological polar surface area (TPSA) is 18.5 Å². The Labute approximate surface area is 242 Å². The molecule has 229 valence electrons. The van der Waals surface area contributed by atoms with Gasteiger partial charge in [0.1, 0.15) is 0 Å². The Morgan fingerprint density at radius 1 is 0.316 bits per heavy atom. The van der Waals surface area contributed by atoms with E-state index in [1.54, 1.807) is 0 Å². The lowest BCUT2D eigenvalue weighted by Gasteiger charge is -2.06. The van der Waals surface area contributed by atoms with Crippen molar-refractivity contribution in [2.24, 2.45) is 0 Å². The van der Waals surface area contributed by atoms with E-state index in [4.69, 9.17) is 9.47 Å². The predicted octanol–water partition coefficient (Wildman–Crippen LogP) is 12.6. The summed E-state index contributed by atoms with van der Waals surface area (Å²) >= 11 is 0. The van der Waals surface area contributed by atoms with Crippen molar-refractivity contribution in [3.63, 3.8) is 0 Å². The van der Waals surface area contributed by atoms with E-state index in [0.29, 0.717) is 0 Å². The lowest BCUT2D eigenvalue weighted by molar-refractivity contribution is 0.118. The predicted molar refractivity (Wildman–Crippen MR) is 171 cm³/mol. The zero-order valence-electron chi connectivity index (χ0n) is 26.7. The van der Waals surface area contributed by atoms with Gasteiger partial charge in [-0.1, -0.05) is 181 Å². The van der Waals surface area contributed by atoms with Crippen molar-refractivity contribution in [3.05, 3.63) is 6.42 Å². The van der Waals surface area contributed by atoms with Crippen molar-refractivity contribution in [3.8, 4) is 0 Å². The minimum absolute atomic E-state index is 0.792. The van der Waals surface area contributed by atoms with E-state index in [-0.39, 0.29) is 0 Å². The first kappa shape index (κ1) is 37.9. The Morgan fingerprint density at radius 2 is 0.605 bits per heavy atom. The third-order valence-corrected chi connectivity index (χ3v) is 7.99. The molecule has 0 unspecified atom stereocenters. The summed E-state index contributed by atoms with van der Waals surface area (Å²) in [7, 11) is 0. The highest BCUT2D eigenvalue weighted by molar-refractivity contribution is 4.62. The molecule has 0 aliphatic heterocycles. The van der Waals surface area contributed by atoms with Crippen molar-refractivity contribution in [1.29, 1.82) is 0 Å². The smallest absolute Gasteiger partial charge is 0.0498 e. The van der Waals surface area contributed by atoms with Gasteiger partial charge in [0, 0.05) is 26.4 Å². The van der Waals surface area contributed by atoms with E-state index >= 15 is 0 Å². The molecule has 0 rings (SSSR count). The molecule has 1 radical (unpaired) electrons. The van der Waals surface area contributed by atoms with Crippen LogP contribution in [0.2, 0.25) is 0 Å². The number of unbranched alkanes of at least 4 members (excludes halogenated alkanes) is 27. The van der Waals surface area contributed by atoms with Gasteiger partial charge in [-0.15, -0.1) is 0 Å². The fourth-order valence-electron chi connectivity index (χ4n) is 5.32. The standard InChI is InChI=1S/C36H73O2/c1-3-5-7-9-11-13-15-17-19-21-23-25-27-29-33-37-35-31-32-36-38-34-30-28-26-24-22-20-18-16-14-12-10-8-6-4-2/h31H,3-30,32-36H2,1-2H3. The quantitative estimate of drug-likeness (QED) is 0.0748. The highest BCUT2D eigenvalue weighted by Crippen LogP contribution is 2.14. The minimum Gasteiger partial charge on any atom is -0.381 e. The average molecular weight is 538 g/mol. The molecule has 0 aromatic heterocycles. The first-order valence-corrected chi connectivity index (χ1v) is 17.9. The van der Waals surface area contributed by atoms with E-state index < -0.39 is 0 Å². The largest absolute Gasteiger partial charge is 0.381 e. The van der Waals surface area contributed by atoms with Crippen LogP contribution >= 0.6 is 0 Å². The molecule has 0 saturated carbocycles. The molecule has 0 aliphatic carbocycles. The third kappa shape index (κ3) is 35.9. The molecule has 2 heteroatoms. The van der Waals surface area contributed by atoms with E-state index in [9.17, 15) is 0 Å². The van der Waals surface area contributed by atoms with Gasteiger partial charge in [-0.3, -0.25) is 0 Å². The van der Waals surface area contributed by atoms with Crippen LogP contribution in [0.25, 0.3) is 0 Å². The normalized spacial score (nSPS) is 11.5. The molecule has 0 aliphatic rings. The van der Waals surface area contributed by atoms with Crippen LogP contribution in [0, 0.1) is 6.42 Å². The second kappa shape index (κ2) is 36.9. The zero-order chi connectivity index (χ0) is 27.5. The van der Waals surface area contributed by atoms with Crippen molar-refractivity contribution in [2.45, 2.75) is 200 Å². The molecule has 0 saturated heterocycles. The molecule has 0 bridgehead atoms. The fourth-order valence-corrected chi connectivity index (χ4v) is 5.32. The molecule has 0 N–H and O–H groups in total. The second-order valence-electron chi connectivity index (χ2n) is 12.0. The maximum Gasteiger partial charge on any atom is 0.0498 e. The van der Waals surface area contributed by atoms with E-state index in [0.717, 1.165) is 32.8 Å². The molecular weight excluding hydrogens is 464 g/mol. The lowest BCUT2D eigenvalue weighted by Crippen LogP contribution is -2.02.